The molecule has 2 aromatic rings. The van der Waals surface area contributed by atoms with Gasteiger partial charge in [-0.3, -0.25) is 4.79 Å². The van der Waals surface area contributed by atoms with Crippen molar-refractivity contribution in [2.75, 3.05) is 24.5 Å². The zero-order valence-electron chi connectivity index (χ0n) is 18.8. The van der Waals surface area contributed by atoms with Gasteiger partial charge in [0.1, 0.15) is 11.4 Å². The minimum absolute atomic E-state index is 0.0331. The Morgan fingerprint density at radius 1 is 1.23 bits per heavy atom. The van der Waals surface area contributed by atoms with Gasteiger partial charge in [0, 0.05) is 30.7 Å². The number of fused-ring (bicyclic) bond motifs is 2. The topological polar surface area (TPSA) is 91.7 Å². The molecule has 3 N–H and O–H groups in total. The van der Waals surface area contributed by atoms with Crippen LogP contribution in [0.3, 0.4) is 0 Å². The molecular formula is C23H31FN4O3. The molecule has 0 saturated carbocycles. The Balaban J connectivity index is 1.71. The van der Waals surface area contributed by atoms with Crippen LogP contribution in [0, 0.1) is 25.6 Å². The van der Waals surface area contributed by atoms with Crippen LogP contribution >= 0.6 is 0 Å². The number of hydrogen-bond donors (Lipinski definition) is 2. The first-order chi connectivity index (χ1) is 14.5. The van der Waals surface area contributed by atoms with Crippen molar-refractivity contribution in [3.8, 4) is 0 Å². The highest BCUT2D eigenvalue weighted by Gasteiger charge is 2.43. The number of halogens is 1. The fourth-order valence-electron chi connectivity index (χ4n) is 5.00. The number of hydrogen-bond acceptors (Lipinski definition) is 4. The molecule has 1 aromatic carbocycles. The van der Waals surface area contributed by atoms with E-state index in [9.17, 15) is 9.59 Å². The summed E-state index contributed by atoms with van der Waals surface area (Å²) in [5, 5.41) is 0.687. The second-order valence-electron chi connectivity index (χ2n) is 9.77. The van der Waals surface area contributed by atoms with E-state index in [1.54, 1.807) is 4.90 Å². The summed E-state index contributed by atoms with van der Waals surface area (Å²) >= 11 is 0. The lowest BCUT2D eigenvalue weighted by atomic mass is 9.91. The van der Waals surface area contributed by atoms with Crippen LogP contribution in [0.5, 0.6) is 0 Å². The summed E-state index contributed by atoms with van der Waals surface area (Å²) in [5.74, 6) is -0.757. The second-order valence-corrected chi connectivity index (χ2v) is 9.77. The van der Waals surface area contributed by atoms with Gasteiger partial charge in [-0.05, 0) is 65.0 Å². The fourth-order valence-corrected chi connectivity index (χ4v) is 5.00. The molecule has 4 rings (SSSR count). The Labute approximate surface area is 181 Å². The maximum absolute atomic E-state index is 15.4. The Hall–Kier alpha value is -2.77. The number of ether oxygens (including phenoxy) is 1. The lowest BCUT2D eigenvalue weighted by Gasteiger charge is -2.40. The number of carbonyl (C=O) groups is 2. The lowest BCUT2D eigenvalue weighted by Crippen LogP contribution is -2.51. The molecule has 0 bridgehead atoms. The monoisotopic (exact) mass is 430 g/mol. The molecule has 2 atom stereocenters. The van der Waals surface area contributed by atoms with Crippen LogP contribution in [0.4, 0.5) is 14.9 Å². The summed E-state index contributed by atoms with van der Waals surface area (Å²) in [5.41, 5.74) is 7.90. The molecule has 0 spiro atoms. The van der Waals surface area contributed by atoms with Gasteiger partial charge in [-0.25, -0.2) is 9.18 Å². The number of H-pyrrole nitrogens is 1. The Morgan fingerprint density at radius 2 is 1.90 bits per heavy atom. The highest BCUT2D eigenvalue weighted by atomic mass is 19.1. The average Bonchev–Trinajstić information content (AvgIpc) is 3.21. The summed E-state index contributed by atoms with van der Waals surface area (Å²) in [6, 6.07) is 1.19. The van der Waals surface area contributed by atoms with Gasteiger partial charge in [0.15, 0.2) is 0 Å². The molecule has 2 aliphatic rings. The van der Waals surface area contributed by atoms with E-state index in [1.807, 2.05) is 39.5 Å². The summed E-state index contributed by atoms with van der Waals surface area (Å²) < 4.78 is 21.0. The molecule has 7 nitrogen and oxygen atoms in total. The molecule has 2 aliphatic heterocycles. The standard InChI is InChI=1S/C23H31FN4O3/c1-12-13(2)26-19-15(21(25)29)10-16(24)20(18(12)19)27-8-6-14-7-9-28(17(14)11-27)22(30)31-23(3,4)5/h10,14,17,26H,6-9,11H2,1-5H3,(H2,25,29). The number of aromatic amines is 1. The molecule has 1 aromatic heterocycles. The molecule has 2 unspecified atom stereocenters. The number of aryl methyl sites for hydroxylation is 2. The van der Waals surface area contributed by atoms with Crippen molar-refractivity contribution < 1.29 is 18.7 Å². The molecule has 8 heteroatoms. The van der Waals surface area contributed by atoms with E-state index < -0.39 is 17.3 Å². The Bertz CT molecular complexity index is 1060. The van der Waals surface area contributed by atoms with Crippen LogP contribution in [-0.4, -0.2) is 53.2 Å². The van der Waals surface area contributed by atoms with Crippen LogP contribution in [0.1, 0.15) is 55.2 Å². The van der Waals surface area contributed by atoms with Gasteiger partial charge in [-0.15, -0.1) is 0 Å². The van der Waals surface area contributed by atoms with Gasteiger partial charge in [0.25, 0.3) is 5.91 Å². The number of anilines is 1. The number of nitrogens with zero attached hydrogens (tertiary/aromatic N) is 2. The highest BCUT2D eigenvalue weighted by molar-refractivity contribution is 6.10. The summed E-state index contributed by atoms with van der Waals surface area (Å²) in [6.45, 7) is 11.2. The zero-order chi connectivity index (χ0) is 22.7. The summed E-state index contributed by atoms with van der Waals surface area (Å²) in [7, 11) is 0. The quantitative estimate of drug-likeness (QED) is 0.757. The lowest BCUT2D eigenvalue weighted by molar-refractivity contribution is 0.0203. The first-order valence-corrected chi connectivity index (χ1v) is 10.8. The SMILES string of the molecule is Cc1[nH]c2c(C(N)=O)cc(F)c(N3CCC4CCN(C(=O)OC(C)(C)C)C4C3)c2c1C. The van der Waals surface area contributed by atoms with E-state index >= 15 is 4.39 Å². The number of aromatic nitrogens is 1. The number of rotatable bonds is 2. The van der Waals surface area contributed by atoms with Gasteiger partial charge in [0.2, 0.25) is 0 Å². The van der Waals surface area contributed by atoms with Gasteiger partial charge in [0.05, 0.1) is 22.8 Å². The smallest absolute Gasteiger partial charge is 0.410 e. The molecule has 3 heterocycles. The predicted molar refractivity (Wildman–Crippen MR) is 118 cm³/mol. The van der Waals surface area contributed by atoms with Crippen molar-refractivity contribution in [2.45, 2.75) is 59.1 Å². The van der Waals surface area contributed by atoms with Gasteiger partial charge in [-0.1, -0.05) is 0 Å². The number of nitrogens with two attached hydrogens (primary N) is 1. The highest BCUT2D eigenvalue weighted by Crippen LogP contribution is 2.40. The van der Waals surface area contributed by atoms with Crippen molar-refractivity contribution in [1.29, 1.82) is 0 Å². The summed E-state index contributed by atoms with van der Waals surface area (Å²) in [4.78, 5) is 31.7. The fraction of sp³-hybridized carbons (Fsp3) is 0.565. The van der Waals surface area contributed by atoms with Crippen molar-refractivity contribution in [3.05, 3.63) is 28.7 Å². The number of amides is 2. The van der Waals surface area contributed by atoms with Crippen molar-refractivity contribution in [3.63, 3.8) is 0 Å². The van der Waals surface area contributed by atoms with E-state index in [2.05, 4.69) is 4.98 Å². The maximum Gasteiger partial charge on any atom is 0.410 e. The van der Waals surface area contributed by atoms with E-state index in [1.165, 1.54) is 6.07 Å². The first-order valence-electron chi connectivity index (χ1n) is 10.8. The molecule has 2 saturated heterocycles. The molecule has 0 radical (unpaired) electrons. The van der Waals surface area contributed by atoms with Crippen LogP contribution in [-0.2, 0) is 4.74 Å². The van der Waals surface area contributed by atoms with Crippen molar-refractivity contribution in [1.82, 2.24) is 9.88 Å². The maximum atomic E-state index is 15.4. The Morgan fingerprint density at radius 3 is 2.55 bits per heavy atom. The zero-order valence-corrected chi connectivity index (χ0v) is 18.8. The second kappa shape index (κ2) is 7.43. The number of carbonyl (C=O) groups excluding carboxylic acids is 2. The molecule has 2 fully saturated rings. The third-order valence-electron chi connectivity index (χ3n) is 6.58. The van der Waals surface area contributed by atoms with Crippen LogP contribution < -0.4 is 10.6 Å². The van der Waals surface area contributed by atoms with Crippen LogP contribution in [0.2, 0.25) is 0 Å². The van der Waals surface area contributed by atoms with Gasteiger partial charge < -0.3 is 25.3 Å². The minimum Gasteiger partial charge on any atom is -0.444 e. The van der Waals surface area contributed by atoms with Crippen molar-refractivity contribution >= 4 is 28.6 Å². The normalized spacial score (nSPS) is 21.5. The third kappa shape index (κ3) is 3.72. The average molecular weight is 431 g/mol. The number of benzene rings is 1. The van der Waals surface area contributed by atoms with Crippen molar-refractivity contribution in [2.24, 2.45) is 11.7 Å². The number of primary amides is 1. The van der Waals surface area contributed by atoms with E-state index in [0.717, 1.165) is 24.1 Å². The first kappa shape index (κ1) is 21.5. The minimum atomic E-state index is -0.665. The third-order valence-corrected chi connectivity index (χ3v) is 6.58. The van der Waals surface area contributed by atoms with E-state index in [0.29, 0.717) is 42.1 Å². The molecule has 31 heavy (non-hydrogen) atoms. The Kier molecular flexibility index (Phi) is 5.14. The van der Waals surface area contributed by atoms with Crippen LogP contribution in [0.25, 0.3) is 10.9 Å². The molecular weight excluding hydrogens is 399 g/mol. The number of nitrogens with one attached hydrogen (secondary N) is 1. The number of piperidine rings is 1. The van der Waals surface area contributed by atoms with E-state index in [4.69, 9.17) is 10.5 Å². The predicted octanol–water partition coefficient (Wildman–Crippen LogP) is 3.86. The molecule has 2 amide bonds. The summed E-state index contributed by atoms with van der Waals surface area (Å²) in [6.07, 6.45) is 1.48. The molecule has 168 valence electrons. The van der Waals surface area contributed by atoms with Gasteiger partial charge in [-0.2, -0.15) is 0 Å². The van der Waals surface area contributed by atoms with E-state index in [-0.39, 0.29) is 17.7 Å². The van der Waals surface area contributed by atoms with Gasteiger partial charge >= 0.3 is 6.09 Å². The number of likely N-dealkylation sites (tertiary alicyclic amines) is 1. The largest absolute Gasteiger partial charge is 0.444 e. The molecule has 0 aliphatic carbocycles. The van der Waals surface area contributed by atoms with Crippen LogP contribution in [0.15, 0.2) is 6.07 Å².